The van der Waals surface area contributed by atoms with Gasteiger partial charge in [0, 0.05) is 37.9 Å². The second-order valence-electron chi connectivity index (χ2n) is 3.82. The number of piperazine rings is 1. The molecule has 16 heavy (non-hydrogen) atoms. The van der Waals surface area contributed by atoms with Gasteiger partial charge < -0.3 is 10.2 Å². The minimum Gasteiger partial charge on any atom is -0.353 e. The van der Waals surface area contributed by atoms with Gasteiger partial charge in [-0.2, -0.15) is 0 Å². The van der Waals surface area contributed by atoms with Crippen LogP contribution < -0.4 is 10.2 Å². The highest BCUT2D eigenvalue weighted by Gasteiger charge is 2.15. The summed E-state index contributed by atoms with van der Waals surface area (Å²) in [7, 11) is 0. The molecule has 0 radical (unpaired) electrons. The SMILES string of the molecule is CC(=O)c1cnc(N2CCNCC2)c(Cl)c1. The predicted octanol–water partition coefficient (Wildman–Crippen LogP) is 1.35. The van der Waals surface area contributed by atoms with E-state index in [9.17, 15) is 4.79 Å². The van der Waals surface area contributed by atoms with Gasteiger partial charge in [-0.15, -0.1) is 0 Å². The molecule has 1 saturated heterocycles. The Morgan fingerprint density at radius 1 is 1.50 bits per heavy atom. The lowest BCUT2D eigenvalue weighted by Gasteiger charge is -2.29. The van der Waals surface area contributed by atoms with E-state index < -0.39 is 0 Å². The quantitative estimate of drug-likeness (QED) is 0.792. The summed E-state index contributed by atoms with van der Waals surface area (Å²) in [5.74, 6) is 0.759. The zero-order valence-electron chi connectivity index (χ0n) is 9.16. The van der Waals surface area contributed by atoms with Crippen molar-refractivity contribution in [2.75, 3.05) is 31.1 Å². The van der Waals surface area contributed by atoms with Crippen molar-refractivity contribution in [3.8, 4) is 0 Å². The second-order valence-corrected chi connectivity index (χ2v) is 4.23. The topological polar surface area (TPSA) is 45.2 Å². The second kappa shape index (κ2) is 4.80. The molecule has 1 aliphatic rings. The van der Waals surface area contributed by atoms with Crippen molar-refractivity contribution in [1.29, 1.82) is 0 Å². The normalized spacial score (nSPS) is 16.2. The van der Waals surface area contributed by atoms with Crippen LogP contribution in [-0.2, 0) is 0 Å². The summed E-state index contributed by atoms with van der Waals surface area (Å²) in [6.45, 7) is 5.18. The molecule has 0 unspecified atom stereocenters. The molecule has 0 saturated carbocycles. The van der Waals surface area contributed by atoms with Crippen molar-refractivity contribution in [3.05, 3.63) is 22.8 Å². The van der Waals surface area contributed by atoms with Gasteiger partial charge in [0.15, 0.2) is 5.78 Å². The maximum absolute atomic E-state index is 11.2. The summed E-state index contributed by atoms with van der Waals surface area (Å²) in [5.41, 5.74) is 0.559. The Bertz CT molecular complexity index is 402. The number of ketones is 1. The lowest BCUT2D eigenvalue weighted by molar-refractivity contribution is 0.101. The Morgan fingerprint density at radius 3 is 2.75 bits per heavy atom. The van der Waals surface area contributed by atoms with E-state index in [-0.39, 0.29) is 5.78 Å². The largest absolute Gasteiger partial charge is 0.353 e. The Hall–Kier alpha value is -1.13. The van der Waals surface area contributed by atoms with Gasteiger partial charge in [-0.3, -0.25) is 4.79 Å². The van der Waals surface area contributed by atoms with Gasteiger partial charge in [-0.25, -0.2) is 4.98 Å². The minimum absolute atomic E-state index is 0.0127. The van der Waals surface area contributed by atoms with E-state index in [2.05, 4.69) is 15.2 Å². The number of hydrogen-bond donors (Lipinski definition) is 1. The van der Waals surface area contributed by atoms with Crippen LogP contribution in [0, 0.1) is 0 Å². The number of anilines is 1. The van der Waals surface area contributed by atoms with Crippen LogP contribution in [0.5, 0.6) is 0 Å². The number of carbonyl (C=O) groups is 1. The third-order valence-corrected chi connectivity index (χ3v) is 2.92. The zero-order chi connectivity index (χ0) is 11.5. The molecule has 0 amide bonds. The predicted molar refractivity (Wildman–Crippen MR) is 64.3 cm³/mol. The molecule has 1 aromatic heterocycles. The molecule has 0 bridgehead atoms. The van der Waals surface area contributed by atoms with Crippen LogP contribution in [0.3, 0.4) is 0 Å². The first-order valence-corrected chi connectivity index (χ1v) is 5.68. The number of hydrogen-bond acceptors (Lipinski definition) is 4. The molecular weight excluding hydrogens is 226 g/mol. The Balaban J connectivity index is 2.24. The fourth-order valence-electron chi connectivity index (χ4n) is 1.73. The van der Waals surface area contributed by atoms with Crippen LogP contribution in [0.2, 0.25) is 5.02 Å². The van der Waals surface area contributed by atoms with Crippen molar-refractivity contribution < 1.29 is 4.79 Å². The molecule has 0 aromatic carbocycles. The van der Waals surface area contributed by atoms with Gasteiger partial charge in [-0.05, 0) is 13.0 Å². The van der Waals surface area contributed by atoms with Crippen LogP contribution in [0.25, 0.3) is 0 Å². The van der Waals surface area contributed by atoms with Gasteiger partial charge in [0.1, 0.15) is 5.82 Å². The first-order valence-electron chi connectivity index (χ1n) is 5.30. The van der Waals surface area contributed by atoms with Crippen molar-refractivity contribution in [2.45, 2.75) is 6.92 Å². The number of Topliss-reactive ketones (excluding diaryl/α,β-unsaturated/α-hetero) is 1. The first kappa shape index (κ1) is 11.4. The van der Waals surface area contributed by atoms with E-state index in [1.54, 1.807) is 12.3 Å². The Kier molecular flexibility index (Phi) is 3.41. The van der Waals surface area contributed by atoms with Crippen molar-refractivity contribution in [3.63, 3.8) is 0 Å². The summed E-state index contributed by atoms with van der Waals surface area (Å²) >= 11 is 6.13. The Morgan fingerprint density at radius 2 is 2.19 bits per heavy atom. The van der Waals surface area contributed by atoms with Crippen LogP contribution in [0.1, 0.15) is 17.3 Å². The van der Waals surface area contributed by atoms with Crippen LogP contribution in [0.4, 0.5) is 5.82 Å². The highest BCUT2D eigenvalue weighted by Crippen LogP contribution is 2.24. The molecule has 2 rings (SSSR count). The highest BCUT2D eigenvalue weighted by molar-refractivity contribution is 6.33. The maximum Gasteiger partial charge on any atom is 0.161 e. The van der Waals surface area contributed by atoms with E-state index in [0.29, 0.717) is 10.6 Å². The smallest absolute Gasteiger partial charge is 0.161 e. The standard InChI is InChI=1S/C11H14ClN3O/c1-8(16)9-6-10(12)11(14-7-9)15-4-2-13-3-5-15/h6-7,13H,2-5H2,1H3. The molecule has 1 fully saturated rings. The number of carbonyl (C=O) groups excluding carboxylic acids is 1. The van der Waals surface area contributed by atoms with Crippen molar-refractivity contribution >= 4 is 23.2 Å². The van der Waals surface area contributed by atoms with Gasteiger partial charge in [0.2, 0.25) is 0 Å². The molecule has 0 aliphatic carbocycles. The monoisotopic (exact) mass is 239 g/mol. The molecule has 0 spiro atoms. The van der Waals surface area contributed by atoms with Crippen LogP contribution >= 0.6 is 11.6 Å². The molecule has 1 N–H and O–H groups in total. The van der Waals surface area contributed by atoms with E-state index >= 15 is 0 Å². The number of aromatic nitrogens is 1. The maximum atomic E-state index is 11.2. The number of nitrogens with one attached hydrogen (secondary N) is 1. The van der Waals surface area contributed by atoms with Gasteiger partial charge in [0.05, 0.1) is 5.02 Å². The molecular formula is C11H14ClN3O. The molecule has 1 aliphatic heterocycles. The van der Waals surface area contributed by atoms with E-state index in [0.717, 1.165) is 32.0 Å². The molecule has 4 nitrogen and oxygen atoms in total. The van der Waals surface area contributed by atoms with Gasteiger partial charge in [-0.1, -0.05) is 11.6 Å². The number of halogens is 1. The van der Waals surface area contributed by atoms with E-state index in [1.165, 1.54) is 6.92 Å². The lowest BCUT2D eigenvalue weighted by atomic mass is 10.2. The summed E-state index contributed by atoms with van der Waals surface area (Å²) in [4.78, 5) is 17.6. The van der Waals surface area contributed by atoms with E-state index in [1.807, 2.05) is 0 Å². The average Bonchev–Trinajstić information content (AvgIpc) is 2.30. The third kappa shape index (κ3) is 2.33. The number of pyridine rings is 1. The molecule has 86 valence electrons. The summed E-state index contributed by atoms with van der Waals surface area (Å²) in [5, 5.41) is 3.82. The summed E-state index contributed by atoms with van der Waals surface area (Å²) < 4.78 is 0. The number of rotatable bonds is 2. The molecule has 5 heteroatoms. The van der Waals surface area contributed by atoms with Crippen molar-refractivity contribution in [2.24, 2.45) is 0 Å². The van der Waals surface area contributed by atoms with Crippen molar-refractivity contribution in [1.82, 2.24) is 10.3 Å². The zero-order valence-corrected chi connectivity index (χ0v) is 9.92. The number of nitrogens with zero attached hydrogens (tertiary/aromatic N) is 2. The highest BCUT2D eigenvalue weighted by atomic mass is 35.5. The fourth-order valence-corrected chi connectivity index (χ4v) is 2.02. The van der Waals surface area contributed by atoms with Gasteiger partial charge in [0.25, 0.3) is 0 Å². The average molecular weight is 240 g/mol. The van der Waals surface area contributed by atoms with Crippen LogP contribution in [-0.4, -0.2) is 36.9 Å². The summed E-state index contributed by atoms with van der Waals surface area (Å²) in [6.07, 6.45) is 1.59. The molecule has 0 atom stereocenters. The molecule has 2 heterocycles. The molecule has 1 aromatic rings. The van der Waals surface area contributed by atoms with Crippen LogP contribution in [0.15, 0.2) is 12.3 Å². The minimum atomic E-state index is -0.0127. The fraction of sp³-hybridized carbons (Fsp3) is 0.455. The Labute approximate surface area is 99.6 Å². The van der Waals surface area contributed by atoms with Gasteiger partial charge >= 0.3 is 0 Å². The third-order valence-electron chi connectivity index (χ3n) is 2.64. The van der Waals surface area contributed by atoms with E-state index in [4.69, 9.17) is 11.6 Å². The lowest BCUT2D eigenvalue weighted by Crippen LogP contribution is -2.44. The first-order chi connectivity index (χ1) is 7.68. The summed E-state index contributed by atoms with van der Waals surface area (Å²) in [6, 6.07) is 1.69.